The molecule has 3 rings (SSSR count). The lowest BCUT2D eigenvalue weighted by molar-refractivity contribution is -0.126. The summed E-state index contributed by atoms with van der Waals surface area (Å²) in [7, 11) is -3.14. The summed E-state index contributed by atoms with van der Waals surface area (Å²) in [5, 5.41) is 0. The van der Waals surface area contributed by atoms with Gasteiger partial charge in [-0.1, -0.05) is 49.4 Å². The van der Waals surface area contributed by atoms with Gasteiger partial charge in [0.05, 0.1) is 11.5 Å². The molecule has 0 saturated carbocycles. The van der Waals surface area contributed by atoms with Gasteiger partial charge in [0.1, 0.15) is 5.75 Å². The van der Waals surface area contributed by atoms with Crippen LogP contribution in [0, 0.1) is 0 Å². The number of carbonyl (C=O) groups is 1. The van der Waals surface area contributed by atoms with Crippen LogP contribution in [0.2, 0.25) is 0 Å². The maximum absolute atomic E-state index is 13.6. The van der Waals surface area contributed by atoms with E-state index in [1.165, 1.54) is 12.1 Å². The van der Waals surface area contributed by atoms with Crippen LogP contribution in [0.1, 0.15) is 30.9 Å². The number of benzene rings is 2. The van der Waals surface area contributed by atoms with Crippen LogP contribution in [0.25, 0.3) is 11.6 Å². The monoisotopic (exact) mass is 449 g/mol. The van der Waals surface area contributed by atoms with Crippen molar-refractivity contribution in [1.82, 2.24) is 4.90 Å². The maximum atomic E-state index is 13.6. The minimum absolute atomic E-state index is 0.0273. The fourth-order valence-corrected chi connectivity index (χ4v) is 5.40. The number of sulfone groups is 1. The molecule has 2 aromatic carbocycles. The van der Waals surface area contributed by atoms with Gasteiger partial charge in [0.25, 0.3) is 5.91 Å². The summed E-state index contributed by atoms with van der Waals surface area (Å²) in [6, 6.07) is 14.8. The molecule has 0 radical (unpaired) electrons. The number of amides is 1. The molecule has 166 valence electrons. The van der Waals surface area contributed by atoms with Gasteiger partial charge in [-0.3, -0.25) is 4.79 Å². The lowest BCUT2D eigenvalue weighted by Gasteiger charge is -2.29. The number of alkyl halides is 2. The first-order chi connectivity index (χ1) is 14.8. The van der Waals surface area contributed by atoms with Gasteiger partial charge in [-0.15, -0.1) is 0 Å². The molecule has 0 bridgehead atoms. The minimum Gasteiger partial charge on any atom is -0.435 e. The van der Waals surface area contributed by atoms with Crippen LogP contribution in [-0.4, -0.2) is 49.9 Å². The number of rotatable bonds is 8. The number of halogens is 2. The molecule has 1 heterocycles. The summed E-state index contributed by atoms with van der Waals surface area (Å²) in [6.45, 7) is -0.519. The molecule has 2 aromatic rings. The lowest BCUT2D eigenvalue weighted by atomic mass is 10.00. The molecule has 1 unspecified atom stereocenters. The third-order valence-corrected chi connectivity index (χ3v) is 6.86. The molecule has 0 aromatic heterocycles. The van der Waals surface area contributed by atoms with E-state index >= 15 is 0 Å². The number of carbonyl (C=O) groups excluding carboxylic acids is 1. The number of nitrogens with zero attached hydrogens (tertiary/aromatic N) is 1. The summed E-state index contributed by atoms with van der Waals surface area (Å²) in [6.07, 6.45) is 2.82. The van der Waals surface area contributed by atoms with Crippen molar-refractivity contribution in [1.29, 1.82) is 0 Å². The number of ether oxygens (including phenoxy) is 1. The van der Waals surface area contributed by atoms with E-state index < -0.39 is 16.4 Å². The predicted molar refractivity (Wildman–Crippen MR) is 116 cm³/mol. The Morgan fingerprint density at radius 1 is 1.16 bits per heavy atom. The Bertz CT molecular complexity index is 1020. The van der Waals surface area contributed by atoms with E-state index in [0.29, 0.717) is 36.1 Å². The summed E-state index contributed by atoms with van der Waals surface area (Å²) in [5.74, 6) is -0.159. The van der Waals surface area contributed by atoms with Gasteiger partial charge in [0.2, 0.25) is 0 Å². The van der Waals surface area contributed by atoms with Crippen LogP contribution in [-0.2, 0) is 14.6 Å². The van der Waals surface area contributed by atoms with E-state index in [1.807, 2.05) is 37.3 Å². The van der Waals surface area contributed by atoms with Gasteiger partial charge in [0, 0.05) is 18.2 Å². The molecule has 0 N–H and O–H groups in total. The van der Waals surface area contributed by atoms with E-state index in [9.17, 15) is 22.0 Å². The summed E-state index contributed by atoms with van der Waals surface area (Å²) in [5.41, 5.74) is 1.76. The van der Waals surface area contributed by atoms with E-state index in [1.54, 1.807) is 23.1 Å². The summed E-state index contributed by atoms with van der Waals surface area (Å²) in [4.78, 5) is 15.2. The molecule has 8 heteroatoms. The van der Waals surface area contributed by atoms with Crippen molar-refractivity contribution in [3.63, 3.8) is 0 Å². The van der Waals surface area contributed by atoms with Gasteiger partial charge in [-0.25, -0.2) is 8.42 Å². The van der Waals surface area contributed by atoms with Crippen LogP contribution >= 0.6 is 0 Å². The second kappa shape index (κ2) is 10.0. The smallest absolute Gasteiger partial charge is 0.387 e. The van der Waals surface area contributed by atoms with Crippen LogP contribution in [0.5, 0.6) is 5.75 Å². The van der Waals surface area contributed by atoms with E-state index in [4.69, 9.17) is 0 Å². The molecule has 1 saturated heterocycles. The fourth-order valence-electron chi connectivity index (χ4n) is 3.67. The highest BCUT2D eigenvalue weighted by atomic mass is 32.2. The SMILES string of the molecule is CCCN(C(=O)/C(=C/c1ccc(OC(F)F)cc1)c1ccccc1)C1CCS(=O)(=O)C1. The minimum atomic E-state index is -3.14. The molecular weight excluding hydrogens is 424 g/mol. The third-order valence-electron chi connectivity index (χ3n) is 5.11. The Morgan fingerprint density at radius 3 is 2.39 bits per heavy atom. The van der Waals surface area contributed by atoms with Crippen molar-refractivity contribution in [2.45, 2.75) is 32.4 Å². The zero-order valence-corrected chi connectivity index (χ0v) is 18.0. The summed E-state index contributed by atoms with van der Waals surface area (Å²) < 4.78 is 53.2. The number of hydrogen-bond donors (Lipinski definition) is 0. The Balaban J connectivity index is 1.96. The molecular formula is C23H25F2NO4S. The summed E-state index contributed by atoms with van der Waals surface area (Å²) >= 11 is 0. The first kappa shape index (κ1) is 22.9. The fraction of sp³-hybridized carbons (Fsp3) is 0.348. The highest BCUT2D eigenvalue weighted by Crippen LogP contribution is 2.26. The normalized spacial score (nSPS) is 18.2. The van der Waals surface area contributed by atoms with Crippen LogP contribution in [0.15, 0.2) is 54.6 Å². The second-order valence-corrected chi connectivity index (χ2v) is 9.66. The van der Waals surface area contributed by atoms with Crippen LogP contribution < -0.4 is 4.74 Å². The highest BCUT2D eigenvalue weighted by Gasteiger charge is 2.35. The van der Waals surface area contributed by atoms with Gasteiger partial charge < -0.3 is 9.64 Å². The molecule has 5 nitrogen and oxygen atoms in total. The standard InChI is InChI=1S/C23H25F2NO4S/c1-2-13-26(19-12-14-31(28,29)16-19)22(27)21(18-6-4-3-5-7-18)15-17-8-10-20(11-9-17)30-23(24)25/h3-11,15,19,23H,2,12-14,16H2,1H3/b21-15+. The average Bonchev–Trinajstić information content (AvgIpc) is 3.10. The third kappa shape index (κ3) is 6.13. The Labute approximate surface area is 181 Å². The van der Waals surface area contributed by atoms with Gasteiger partial charge in [-0.2, -0.15) is 8.78 Å². The zero-order chi connectivity index (χ0) is 22.4. The Kier molecular flexibility index (Phi) is 7.43. The molecule has 1 aliphatic rings. The molecule has 1 atom stereocenters. The van der Waals surface area contributed by atoms with Crippen molar-refractivity contribution >= 4 is 27.4 Å². The largest absolute Gasteiger partial charge is 0.435 e. The van der Waals surface area contributed by atoms with E-state index in [-0.39, 0.29) is 29.2 Å². The van der Waals surface area contributed by atoms with E-state index in [2.05, 4.69) is 4.74 Å². The molecule has 1 aliphatic heterocycles. The van der Waals surface area contributed by atoms with Gasteiger partial charge >= 0.3 is 6.61 Å². The lowest BCUT2D eigenvalue weighted by Crippen LogP contribution is -2.42. The van der Waals surface area contributed by atoms with Crippen molar-refractivity contribution in [2.24, 2.45) is 0 Å². The van der Waals surface area contributed by atoms with E-state index in [0.717, 1.165) is 0 Å². The van der Waals surface area contributed by atoms with Gasteiger partial charge in [-0.05, 0) is 42.2 Å². The van der Waals surface area contributed by atoms with Crippen molar-refractivity contribution in [3.05, 3.63) is 65.7 Å². The van der Waals surface area contributed by atoms with Crippen LogP contribution in [0.3, 0.4) is 0 Å². The van der Waals surface area contributed by atoms with Crippen molar-refractivity contribution in [2.75, 3.05) is 18.1 Å². The van der Waals surface area contributed by atoms with Crippen LogP contribution in [0.4, 0.5) is 8.78 Å². The predicted octanol–water partition coefficient (Wildman–Crippen LogP) is 4.25. The molecule has 31 heavy (non-hydrogen) atoms. The first-order valence-electron chi connectivity index (χ1n) is 10.1. The molecule has 0 aliphatic carbocycles. The molecule has 0 spiro atoms. The topological polar surface area (TPSA) is 63.7 Å². The molecule has 1 fully saturated rings. The Morgan fingerprint density at radius 2 is 1.84 bits per heavy atom. The van der Waals surface area contributed by atoms with Crippen molar-refractivity contribution in [3.8, 4) is 5.75 Å². The average molecular weight is 450 g/mol. The molecule has 1 amide bonds. The Hall–Kier alpha value is -2.74. The van der Waals surface area contributed by atoms with Gasteiger partial charge in [0.15, 0.2) is 9.84 Å². The highest BCUT2D eigenvalue weighted by molar-refractivity contribution is 7.91. The quantitative estimate of drug-likeness (QED) is 0.446. The maximum Gasteiger partial charge on any atom is 0.387 e. The van der Waals surface area contributed by atoms with Crippen molar-refractivity contribution < 1.29 is 26.7 Å². The zero-order valence-electron chi connectivity index (χ0n) is 17.2. The second-order valence-electron chi connectivity index (χ2n) is 7.43. The first-order valence-corrected chi connectivity index (χ1v) is 11.9. The number of hydrogen-bond acceptors (Lipinski definition) is 4.